The van der Waals surface area contributed by atoms with Gasteiger partial charge in [-0.2, -0.15) is 0 Å². The molecule has 2 N–H and O–H groups in total. The van der Waals surface area contributed by atoms with Gasteiger partial charge < -0.3 is 19.7 Å². The van der Waals surface area contributed by atoms with Gasteiger partial charge in [0.05, 0.1) is 12.8 Å². The summed E-state index contributed by atoms with van der Waals surface area (Å²) in [5, 5.41) is 5.49. The molecule has 0 unspecified atom stereocenters. The van der Waals surface area contributed by atoms with Crippen LogP contribution in [0.2, 0.25) is 0 Å². The summed E-state index contributed by atoms with van der Waals surface area (Å²) in [6.45, 7) is 2.69. The molecule has 1 spiro atoms. The average molecular weight is 435 g/mol. The lowest BCUT2D eigenvalue weighted by Gasteiger charge is -2.44. The number of benzene rings is 2. The number of methoxy groups -OCH3 is 1. The highest BCUT2D eigenvalue weighted by Gasteiger charge is 2.45. The van der Waals surface area contributed by atoms with Crippen molar-refractivity contribution in [1.29, 1.82) is 0 Å². The second kappa shape index (κ2) is 8.74. The van der Waals surface area contributed by atoms with Crippen LogP contribution in [0.1, 0.15) is 24.0 Å². The SMILES string of the molecule is COc1ccc2c(c1)C1(CCN(C(=O)/C=C/C(=O)Nc3ccccc3C)CC1)OC(=O)N2. The summed E-state index contributed by atoms with van der Waals surface area (Å²) in [4.78, 5) is 38.6. The molecule has 32 heavy (non-hydrogen) atoms. The van der Waals surface area contributed by atoms with Crippen LogP contribution in [0.4, 0.5) is 16.2 Å². The largest absolute Gasteiger partial charge is 0.497 e. The van der Waals surface area contributed by atoms with Crippen molar-refractivity contribution in [3.63, 3.8) is 0 Å². The van der Waals surface area contributed by atoms with E-state index in [4.69, 9.17) is 9.47 Å². The van der Waals surface area contributed by atoms with Crippen molar-refractivity contribution in [3.05, 3.63) is 65.7 Å². The molecule has 0 aliphatic carbocycles. The molecular weight excluding hydrogens is 410 g/mol. The molecular formula is C24H25N3O5. The summed E-state index contributed by atoms with van der Waals surface area (Å²) in [7, 11) is 1.58. The fourth-order valence-electron chi connectivity index (χ4n) is 4.10. The highest BCUT2D eigenvalue weighted by Crippen LogP contribution is 2.44. The number of piperidine rings is 1. The lowest BCUT2D eigenvalue weighted by atomic mass is 9.82. The molecule has 166 valence electrons. The van der Waals surface area contributed by atoms with Gasteiger partial charge in [0.25, 0.3) is 0 Å². The molecule has 8 nitrogen and oxygen atoms in total. The summed E-state index contributed by atoms with van der Waals surface area (Å²) < 4.78 is 11.0. The van der Waals surface area contributed by atoms with Gasteiger partial charge in [0, 0.05) is 49.3 Å². The van der Waals surface area contributed by atoms with Crippen molar-refractivity contribution in [2.75, 3.05) is 30.8 Å². The van der Waals surface area contributed by atoms with E-state index in [1.54, 1.807) is 30.2 Å². The number of nitrogens with zero attached hydrogens (tertiary/aromatic N) is 1. The van der Waals surface area contributed by atoms with E-state index in [2.05, 4.69) is 10.6 Å². The Morgan fingerprint density at radius 1 is 1.16 bits per heavy atom. The monoisotopic (exact) mass is 435 g/mol. The Bertz CT molecular complexity index is 1090. The molecule has 2 aromatic carbocycles. The van der Waals surface area contributed by atoms with E-state index >= 15 is 0 Å². The lowest BCUT2D eigenvalue weighted by Crippen LogP contribution is -2.49. The fourth-order valence-corrected chi connectivity index (χ4v) is 4.10. The fraction of sp³-hybridized carbons (Fsp3) is 0.292. The number of nitrogens with one attached hydrogen (secondary N) is 2. The van der Waals surface area contributed by atoms with Gasteiger partial charge in [-0.05, 0) is 36.8 Å². The normalized spacial score (nSPS) is 16.8. The molecule has 2 aliphatic heterocycles. The van der Waals surface area contributed by atoms with Gasteiger partial charge >= 0.3 is 6.09 Å². The summed E-state index contributed by atoms with van der Waals surface area (Å²) in [6.07, 6.45) is 2.92. The number of rotatable bonds is 4. The third-order valence-corrected chi connectivity index (χ3v) is 5.91. The van der Waals surface area contributed by atoms with Crippen LogP contribution in [-0.4, -0.2) is 43.0 Å². The standard InChI is InChI=1S/C24H25N3O5/c1-16-5-3-4-6-19(16)25-21(28)9-10-22(29)27-13-11-24(12-14-27)18-15-17(31-2)7-8-20(18)26-23(30)32-24/h3-10,15H,11-14H2,1-2H3,(H,25,28)(H,26,30)/b10-9+. The van der Waals surface area contributed by atoms with Crippen LogP contribution in [0, 0.1) is 6.92 Å². The first-order valence-corrected chi connectivity index (χ1v) is 10.4. The maximum Gasteiger partial charge on any atom is 0.412 e. The molecule has 2 aromatic rings. The molecule has 3 amide bonds. The lowest BCUT2D eigenvalue weighted by molar-refractivity contribution is -0.130. The van der Waals surface area contributed by atoms with Gasteiger partial charge in [0.1, 0.15) is 11.4 Å². The summed E-state index contributed by atoms with van der Waals surface area (Å²) in [5.41, 5.74) is 2.37. The van der Waals surface area contributed by atoms with Gasteiger partial charge in [-0.3, -0.25) is 14.9 Å². The molecule has 0 saturated carbocycles. The predicted molar refractivity (Wildman–Crippen MR) is 120 cm³/mol. The number of fused-ring (bicyclic) bond motifs is 2. The van der Waals surface area contributed by atoms with E-state index < -0.39 is 11.7 Å². The molecule has 2 aliphatic rings. The zero-order chi connectivity index (χ0) is 22.7. The first-order chi connectivity index (χ1) is 15.4. The Morgan fingerprint density at radius 2 is 1.91 bits per heavy atom. The molecule has 0 aromatic heterocycles. The summed E-state index contributed by atoms with van der Waals surface area (Å²) >= 11 is 0. The third kappa shape index (κ3) is 4.30. The van der Waals surface area contributed by atoms with E-state index in [0.29, 0.717) is 43.1 Å². The van der Waals surface area contributed by atoms with Gasteiger partial charge in [0.15, 0.2) is 0 Å². The molecule has 0 bridgehead atoms. The second-order valence-corrected chi connectivity index (χ2v) is 7.88. The quantitative estimate of drug-likeness (QED) is 0.716. The number of para-hydroxylation sites is 1. The van der Waals surface area contributed by atoms with Gasteiger partial charge in [-0.25, -0.2) is 4.79 Å². The Morgan fingerprint density at radius 3 is 2.62 bits per heavy atom. The second-order valence-electron chi connectivity index (χ2n) is 7.88. The zero-order valence-corrected chi connectivity index (χ0v) is 18.0. The van der Waals surface area contributed by atoms with E-state index in [1.165, 1.54) is 12.2 Å². The van der Waals surface area contributed by atoms with Crippen LogP contribution in [0.5, 0.6) is 5.75 Å². The van der Waals surface area contributed by atoms with Crippen LogP contribution < -0.4 is 15.4 Å². The predicted octanol–water partition coefficient (Wildman–Crippen LogP) is 3.58. The number of carbonyl (C=O) groups excluding carboxylic acids is 3. The average Bonchev–Trinajstić information content (AvgIpc) is 2.79. The number of hydrogen-bond donors (Lipinski definition) is 2. The van der Waals surface area contributed by atoms with Crippen molar-refractivity contribution in [3.8, 4) is 5.75 Å². The van der Waals surface area contributed by atoms with E-state index in [1.807, 2.05) is 31.2 Å². The smallest absolute Gasteiger partial charge is 0.412 e. The van der Waals surface area contributed by atoms with Crippen LogP contribution >= 0.6 is 0 Å². The molecule has 0 atom stereocenters. The van der Waals surface area contributed by atoms with E-state index in [9.17, 15) is 14.4 Å². The maximum absolute atomic E-state index is 12.6. The topological polar surface area (TPSA) is 97.0 Å². The Balaban J connectivity index is 1.41. The van der Waals surface area contributed by atoms with Crippen molar-refractivity contribution in [2.24, 2.45) is 0 Å². The van der Waals surface area contributed by atoms with Crippen molar-refractivity contribution < 1.29 is 23.9 Å². The van der Waals surface area contributed by atoms with Gasteiger partial charge in [-0.15, -0.1) is 0 Å². The zero-order valence-electron chi connectivity index (χ0n) is 18.0. The van der Waals surface area contributed by atoms with Crippen LogP contribution in [0.15, 0.2) is 54.6 Å². The first kappa shape index (κ1) is 21.4. The first-order valence-electron chi connectivity index (χ1n) is 10.4. The summed E-state index contributed by atoms with van der Waals surface area (Å²) in [5.74, 6) is 0.0457. The molecule has 1 saturated heterocycles. The Hall–Kier alpha value is -3.81. The number of ether oxygens (including phenoxy) is 2. The van der Waals surface area contributed by atoms with E-state index in [0.717, 1.165) is 11.1 Å². The molecule has 0 radical (unpaired) electrons. The molecule has 8 heteroatoms. The van der Waals surface area contributed by atoms with Crippen molar-refractivity contribution >= 4 is 29.3 Å². The van der Waals surface area contributed by atoms with Crippen LogP contribution in [-0.2, 0) is 19.9 Å². The molecule has 2 heterocycles. The van der Waals surface area contributed by atoms with E-state index in [-0.39, 0.29) is 11.8 Å². The third-order valence-electron chi connectivity index (χ3n) is 5.91. The minimum absolute atomic E-state index is 0.258. The van der Waals surface area contributed by atoms with Crippen LogP contribution in [0.25, 0.3) is 0 Å². The highest BCUT2D eigenvalue weighted by atomic mass is 16.6. The number of amides is 3. The summed E-state index contributed by atoms with van der Waals surface area (Å²) in [6, 6.07) is 12.9. The Kier molecular flexibility index (Phi) is 5.85. The number of carbonyl (C=O) groups is 3. The van der Waals surface area contributed by atoms with Crippen LogP contribution in [0.3, 0.4) is 0 Å². The highest BCUT2D eigenvalue weighted by molar-refractivity contribution is 6.03. The van der Waals surface area contributed by atoms with Crippen molar-refractivity contribution in [2.45, 2.75) is 25.4 Å². The molecule has 1 fully saturated rings. The van der Waals surface area contributed by atoms with Gasteiger partial charge in [-0.1, -0.05) is 18.2 Å². The minimum Gasteiger partial charge on any atom is -0.497 e. The van der Waals surface area contributed by atoms with Gasteiger partial charge in [0.2, 0.25) is 11.8 Å². The number of hydrogen-bond acceptors (Lipinski definition) is 5. The molecule has 4 rings (SSSR count). The maximum atomic E-state index is 12.6. The number of aryl methyl sites for hydroxylation is 1. The number of likely N-dealkylation sites (tertiary alicyclic amines) is 1. The Labute approximate surface area is 186 Å². The number of anilines is 2. The minimum atomic E-state index is -0.811. The van der Waals surface area contributed by atoms with Crippen molar-refractivity contribution in [1.82, 2.24) is 4.90 Å².